The molecule has 0 atom stereocenters. The van der Waals surface area contributed by atoms with Gasteiger partial charge in [0, 0.05) is 23.9 Å². The fourth-order valence-electron chi connectivity index (χ4n) is 2.51. The molecule has 4 rings (SSSR count). The summed E-state index contributed by atoms with van der Waals surface area (Å²) in [5, 5.41) is 19.3. The first-order valence-corrected chi connectivity index (χ1v) is 7.91. The number of carbonyl (C=O) groups is 1. The first-order valence-electron chi connectivity index (χ1n) is 7.09. The molecule has 0 spiro atoms. The zero-order valence-corrected chi connectivity index (χ0v) is 12.1. The van der Waals surface area contributed by atoms with E-state index in [2.05, 4.69) is 26.0 Å². The van der Waals surface area contributed by atoms with E-state index in [0.29, 0.717) is 17.0 Å². The first-order chi connectivity index (χ1) is 10.3. The van der Waals surface area contributed by atoms with Crippen molar-refractivity contribution in [2.75, 3.05) is 5.32 Å². The SMILES string of the molecule is O=C(Nc1nnc(C2CC2)s1)NC1CC(c2ccon2)C1. The van der Waals surface area contributed by atoms with Gasteiger partial charge in [-0.25, -0.2) is 4.79 Å². The Balaban J connectivity index is 1.25. The molecule has 21 heavy (non-hydrogen) atoms. The van der Waals surface area contributed by atoms with Gasteiger partial charge in [-0.05, 0) is 25.7 Å². The van der Waals surface area contributed by atoms with Crippen molar-refractivity contribution in [3.63, 3.8) is 0 Å². The highest BCUT2D eigenvalue weighted by molar-refractivity contribution is 7.15. The molecule has 0 unspecified atom stereocenters. The van der Waals surface area contributed by atoms with Crippen LogP contribution in [0.3, 0.4) is 0 Å². The van der Waals surface area contributed by atoms with Crippen molar-refractivity contribution in [2.45, 2.75) is 43.6 Å². The summed E-state index contributed by atoms with van der Waals surface area (Å²) in [6.07, 6.45) is 5.74. The number of hydrogen-bond acceptors (Lipinski definition) is 6. The second-order valence-electron chi connectivity index (χ2n) is 5.61. The molecule has 2 aromatic heterocycles. The van der Waals surface area contributed by atoms with E-state index in [9.17, 15) is 4.79 Å². The number of urea groups is 1. The number of carbonyl (C=O) groups excluding carboxylic acids is 1. The van der Waals surface area contributed by atoms with Crippen LogP contribution in [0.5, 0.6) is 0 Å². The molecule has 2 saturated carbocycles. The van der Waals surface area contributed by atoms with E-state index in [1.807, 2.05) is 6.07 Å². The highest BCUT2D eigenvalue weighted by Crippen LogP contribution is 2.42. The van der Waals surface area contributed by atoms with E-state index in [1.165, 1.54) is 24.2 Å². The van der Waals surface area contributed by atoms with Crippen LogP contribution in [0.2, 0.25) is 0 Å². The van der Waals surface area contributed by atoms with Gasteiger partial charge in [0.2, 0.25) is 5.13 Å². The fraction of sp³-hybridized carbons (Fsp3) is 0.538. The lowest BCUT2D eigenvalue weighted by Gasteiger charge is -2.34. The summed E-state index contributed by atoms with van der Waals surface area (Å²) >= 11 is 1.47. The summed E-state index contributed by atoms with van der Waals surface area (Å²) in [6, 6.07) is 1.85. The molecule has 2 N–H and O–H groups in total. The van der Waals surface area contributed by atoms with Crippen LogP contribution in [-0.2, 0) is 0 Å². The molecule has 7 nitrogen and oxygen atoms in total. The highest BCUT2D eigenvalue weighted by Gasteiger charge is 2.33. The maximum absolute atomic E-state index is 11.9. The summed E-state index contributed by atoms with van der Waals surface area (Å²) < 4.78 is 4.83. The summed E-state index contributed by atoms with van der Waals surface area (Å²) in [6.45, 7) is 0. The predicted molar refractivity (Wildman–Crippen MR) is 76.3 cm³/mol. The van der Waals surface area contributed by atoms with Gasteiger partial charge in [0.25, 0.3) is 0 Å². The molecule has 2 aliphatic rings. The zero-order valence-electron chi connectivity index (χ0n) is 11.3. The standard InChI is InChI=1S/C13H15N5O2S/c19-12(15-13-17-16-11(21-13)7-1-2-7)14-9-5-8(6-9)10-3-4-20-18-10/h3-4,7-9H,1-2,5-6H2,(H2,14,15,17,19). The van der Waals surface area contributed by atoms with E-state index in [-0.39, 0.29) is 12.1 Å². The van der Waals surface area contributed by atoms with Gasteiger partial charge in [-0.1, -0.05) is 16.5 Å². The molecule has 0 saturated heterocycles. The van der Waals surface area contributed by atoms with Gasteiger partial charge in [-0.2, -0.15) is 0 Å². The maximum Gasteiger partial charge on any atom is 0.321 e. The van der Waals surface area contributed by atoms with E-state index in [1.54, 1.807) is 6.26 Å². The van der Waals surface area contributed by atoms with Gasteiger partial charge in [0.15, 0.2) is 0 Å². The Morgan fingerprint density at radius 3 is 2.86 bits per heavy atom. The van der Waals surface area contributed by atoms with Gasteiger partial charge in [0.1, 0.15) is 11.3 Å². The van der Waals surface area contributed by atoms with Crippen LogP contribution < -0.4 is 10.6 Å². The average molecular weight is 305 g/mol. The summed E-state index contributed by atoms with van der Waals surface area (Å²) in [7, 11) is 0. The lowest BCUT2D eigenvalue weighted by molar-refractivity contribution is 0.231. The molecule has 0 aliphatic heterocycles. The molecular formula is C13H15N5O2S. The number of aromatic nitrogens is 3. The van der Waals surface area contributed by atoms with Crippen LogP contribution >= 0.6 is 11.3 Å². The minimum Gasteiger partial charge on any atom is -0.365 e. The third-order valence-corrected chi connectivity index (χ3v) is 4.94. The Morgan fingerprint density at radius 1 is 1.29 bits per heavy atom. The van der Waals surface area contributed by atoms with Crippen molar-refractivity contribution < 1.29 is 9.32 Å². The van der Waals surface area contributed by atoms with Gasteiger partial charge >= 0.3 is 6.03 Å². The van der Waals surface area contributed by atoms with Gasteiger partial charge in [0.05, 0.1) is 5.69 Å². The van der Waals surface area contributed by atoms with Crippen molar-refractivity contribution in [3.05, 3.63) is 23.0 Å². The van der Waals surface area contributed by atoms with Crippen LogP contribution in [0.4, 0.5) is 9.93 Å². The Hall–Kier alpha value is -1.96. The lowest BCUT2D eigenvalue weighted by Crippen LogP contribution is -2.45. The Bertz CT molecular complexity index is 631. The maximum atomic E-state index is 11.9. The van der Waals surface area contributed by atoms with Crippen LogP contribution in [0.1, 0.15) is 48.2 Å². The average Bonchev–Trinajstić information content (AvgIpc) is 2.95. The zero-order chi connectivity index (χ0) is 14.2. The Morgan fingerprint density at radius 2 is 2.14 bits per heavy atom. The van der Waals surface area contributed by atoms with E-state index < -0.39 is 0 Å². The van der Waals surface area contributed by atoms with Crippen molar-refractivity contribution in [2.24, 2.45) is 0 Å². The molecule has 0 bridgehead atoms. The minimum atomic E-state index is -0.211. The molecule has 110 valence electrons. The molecule has 0 radical (unpaired) electrons. The van der Waals surface area contributed by atoms with E-state index >= 15 is 0 Å². The highest BCUT2D eigenvalue weighted by atomic mass is 32.1. The van der Waals surface area contributed by atoms with Crippen molar-refractivity contribution in [1.29, 1.82) is 0 Å². The quantitative estimate of drug-likeness (QED) is 0.905. The smallest absolute Gasteiger partial charge is 0.321 e. The topological polar surface area (TPSA) is 92.9 Å². The first kappa shape index (κ1) is 12.8. The molecule has 2 fully saturated rings. The predicted octanol–water partition coefficient (Wildman–Crippen LogP) is 2.47. The van der Waals surface area contributed by atoms with Crippen molar-refractivity contribution in [1.82, 2.24) is 20.7 Å². The Kier molecular flexibility index (Phi) is 3.10. The van der Waals surface area contributed by atoms with Gasteiger partial charge in [-0.3, -0.25) is 5.32 Å². The summed E-state index contributed by atoms with van der Waals surface area (Å²) in [5.74, 6) is 0.952. The molecular weight excluding hydrogens is 290 g/mol. The van der Waals surface area contributed by atoms with Gasteiger partial charge < -0.3 is 9.84 Å². The van der Waals surface area contributed by atoms with Crippen LogP contribution in [0.15, 0.2) is 16.9 Å². The van der Waals surface area contributed by atoms with Crippen LogP contribution in [0.25, 0.3) is 0 Å². The summed E-state index contributed by atoms with van der Waals surface area (Å²) in [4.78, 5) is 11.9. The van der Waals surface area contributed by atoms with E-state index in [4.69, 9.17) is 4.52 Å². The molecule has 2 aromatic rings. The number of nitrogens with zero attached hydrogens (tertiary/aromatic N) is 3. The molecule has 2 aliphatic carbocycles. The van der Waals surface area contributed by atoms with Crippen LogP contribution in [-0.4, -0.2) is 27.4 Å². The third kappa shape index (κ3) is 2.76. The molecule has 0 aromatic carbocycles. The van der Waals surface area contributed by atoms with Crippen molar-refractivity contribution >= 4 is 22.5 Å². The number of anilines is 1. The van der Waals surface area contributed by atoms with Gasteiger partial charge in [-0.15, -0.1) is 10.2 Å². The van der Waals surface area contributed by atoms with Crippen molar-refractivity contribution in [3.8, 4) is 0 Å². The minimum absolute atomic E-state index is 0.183. The number of nitrogens with one attached hydrogen (secondary N) is 2. The molecule has 2 heterocycles. The second kappa shape index (κ2) is 5.10. The summed E-state index contributed by atoms with van der Waals surface area (Å²) in [5.41, 5.74) is 0.964. The molecule has 8 heteroatoms. The normalized spacial score (nSPS) is 24.4. The third-order valence-electron chi connectivity index (χ3n) is 3.94. The van der Waals surface area contributed by atoms with E-state index in [0.717, 1.165) is 23.5 Å². The molecule has 2 amide bonds. The number of hydrogen-bond donors (Lipinski definition) is 2. The second-order valence-corrected chi connectivity index (χ2v) is 6.62. The largest absolute Gasteiger partial charge is 0.365 e. The monoisotopic (exact) mass is 305 g/mol. The number of amides is 2. The van der Waals surface area contributed by atoms with Crippen LogP contribution in [0, 0.1) is 0 Å². The Labute approximate surface area is 125 Å². The number of rotatable bonds is 4. The fourth-order valence-corrected chi connectivity index (χ4v) is 3.42. The lowest BCUT2D eigenvalue weighted by atomic mass is 9.78.